The van der Waals surface area contributed by atoms with Gasteiger partial charge in [-0.25, -0.2) is 4.39 Å². The topological polar surface area (TPSA) is 49.6 Å². The van der Waals surface area contributed by atoms with E-state index in [0.717, 1.165) is 31.6 Å². The Morgan fingerprint density at radius 3 is 2.80 bits per heavy atom. The summed E-state index contributed by atoms with van der Waals surface area (Å²) in [5.74, 6) is -0.643. The van der Waals surface area contributed by atoms with Gasteiger partial charge < -0.3 is 15.5 Å². The molecule has 1 amide bonds. The van der Waals surface area contributed by atoms with Crippen molar-refractivity contribution in [3.05, 3.63) is 35.1 Å². The lowest BCUT2D eigenvalue weighted by Crippen LogP contribution is -2.36. The van der Waals surface area contributed by atoms with Crippen molar-refractivity contribution in [3.8, 4) is 0 Å². The van der Waals surface area contributed by atoms with Crippen molar-refractivity contribution in [2.75, 3.05) is 39.3 Å². The summed E-state index contributed by atoms with van der Waals surface area (Å²) in [5, 5.41) is 0. The summed E-state index contributed by atoms with van der Waals surface area (Å²) in [6.45, 7) is 6.34. The van der Waals surface area contributed by atoms with Crippen LogP contribution in [0.15, 0.2) is 18.2 Å². The van der Waals surface area contributed by atoms with Crippen molar-refractivity contribution < 1.29 is 9.18 Å². The predicted molar refractivity (Wildman–Crippen MR) is 77.2 cm³/mol. The summed E-state index contributed by atoms with van der Waals surface area (Å²) in [7, 11) is 0. The maximum absolute atomic E-state index is 13.9. The van der Waals surface area contributed by atoms with E-state index in [1.54, 1.807) is 17.0 Å². The molecule has 20 heavy (non-hydrogen) atoms. The first-order valence-electron chi connectivity index (χ1n) is 7.09. The summed E-state index contributed by atoms with van der Waals surface area (Å²) >= 11 is 0. The van der Waals surface area contributed by atoms with E-state index in [-0.39, 0.29) is 11.5 Å². The number of hydrogen-bond acceptors (Lipinski definition) is 3. The number of halogens is 1. The number of carbonyl (C=O) groups is 1. The second-order valence-corrected chi connectivity index (χ2v) is 5.26. The highest BCUT2D eigenvalue weighted by Gasteiger charge is 2.22. The van der Waals surface area contributed by atoms with Crippen LogP contribution in [-0.2, 0) is 0 Å². The maximum atomic E-state index is 13.9. The molecule has 0 aliphatic carbocycles. The lowest BCUT2D eigenvalue weighted by atomic mass is 10.1. The van der Waals surface area contributed by atoms with E-state index in [2.05, 4.69) is 4.90 Å². The van der Waals surface area contributed by atoms with Crippen LogP contribution in [0.1, 0.15) is 22.3 Å². The van der Waals surface area contributed by atoms with Crippen LogP contribution in [0.4, 0.5) is 4.39 Å². The average Bonchev–Trinajstić information content (AvgIpc) is 2.64. The van der Waals surface area contributed by atoms with Gasteiger partial charge in [0.15, 0.2) is 0 Å². The van der Waals surface area contributed by atoms with E-state index in [0.29, 0.717) is 19.6 Å². The molecule has 0 saturated carbocycles. The molecule has 1 fully saturated rings. The minimum Gasteiger partial charge on any atom is -0.337 e. The highest BCUT2D eigenvalue weighted by molar-refractivity contribution is 5.94. The molecule has 0 radical (unpaired) electrons. The van der Waals surface area contributed by atoms with Gasteiger partial charge >= 0.3 is 0 Å². The van der Waals surface area contributed by atoms with Crippen LogP contribution in [-0.4, -0.2) is 55.0 Å². The Morgan fingerprint density at radius 2 is 2.10 bits per heavy atom. The minimum absolute atomic E-state index is 0.169. The second-order valence-electron chi connectivity index (χ2n) is 5.26. The molecule has 2 rings (SSSR count). The summed E-state index contributed by atoms with van der Waals surface area (Å²) in [4.78, 5) is 16.4. The highest BCUT2D eigenvalue weighted by atomic mass is 19.1. The largest absolute Gasteiger partial charge is 0.337 e. The quantitative estimate of drug-likeness (QED) is 0.905. The second kappa shape index (κ2) is 6.81. The number of rotatable bonds is 3. The first-order chi connectivity index (χ1) is 9.61. The minimum atomic E-state index is -0.432. The van der Waals surface area contributed by atoms with Gasteiger partial charge in [0.25, 0.3) is 5.91 Å². The van der Waals surface area contributed by atoms with Gasteiger partial charge in [0.2, 0.25) is 0 Å². The fourth-order valence-corrected chi connectivity index (χ4v) is 2.54. The van der Waals surface area contributed by atoms with Crippen molar-refractivity contribution >= 4 is 5.91 Å². The van der Waals surface area contributed by atoms with Crippen molar-refractivity contribution in [1.82, 2.24) is 9.80 Å². The molecule has 1 aliphatic heterocycles. The van der Waals surface area contributed by atoms with Crippen molar-refractivity contribution in [3.63, 3.8) is 0 Å². The molecular weight excluding hydrogens is 257 g/mol. The molecule has 5 heteroatoms. The van der Waals surface area contributed by atoms with E-state index in [1.165, 1.54) is 6.07 Å². The van der Waals surface area contributed by atoms with E-state index in [1.807, 2.05) is 6.92 Å². The van der Waals surface area contributed by atoms with Gasteiger partial charge in [0.1, 0.15) is 5.82 Å². The number of benzene rings is 1. The van der Waals surface area contributed by atoms with Crippen molar-refractivity contribution in [1.29, 1.82) is 0 Å². The van der Waals surface area contributed by atoms with Crippen LogP contribution in [0.2, 0.25) is 0 Å². The Kier molecular flexibility index (Phi) is 5.09. The highest BCUT2D eigenvalue weighted by Crippen LogP contribution is 2.14. The Bertz CT molecular complexity index is 478. The fourth-order valence-electron chi connectivity index (χ4n) is 2.54. The third-order valence-corrected chi connectivity index (χ3v) is 3.68. The molecule has 110 valence electrons. The molecular formula is C15H22FN3O. The van der Waals surface area contributed by atoms with Gasteiger partial charge in [-0.2, -0.15) is 0 Å². The first-order valence-corrected chi connectivity index (χ1v) is 7.09. The molecule has 0 unspecified atom stereocenters. The zero-order chi connectivity index (χ0) is 14.5. The Morgan fingerprint density at radius 1 is 1.30 bits per heavy atom. The van der Waals surface area contributed by atoms with E-state index in [4.69, 9.17) is 5.73 Å². The molecule has 1 aromatic carbocycles. The third-order valence-electron chi connectivity index (χ3n) is 3.68. The lowest BCUT2D eigenvalue weighted by Gasteiger charge is -2.22. The molecule has 0 atom stereocenters. The number of amides is 1. The maximum Gasteiger partial charge on any atom is 0.256 e. The van der Waals surface area contributed by atoms with Crippen molar-refractivity contribution in [2.45, 2.75) is 13.3 Å². The molecule has 0 bridgehead atoms. The number of hydrogen-bond donors (Lipinski definition) is 1. The molecule has 0 aromatic heterocycles. The molecule has 1 saturated heterocycles. The van der Waals surface area contributed by atoms with Gasteiger partial charge in [0.05, 0.1) is 5.56 Å². The Hall–Kier alpha value is -1.46. The molecule has 1 aromatic rings. The lowest BCUT2D eigenvalue weighted by molar-refractivity contribution is 0.0757. The van der Waals surface area contributed by atoms with Crippen LogP contribution < -0.4 is 5.73 Å². The third kappa shape index (κ3) is 3.55. The van der Waals surface area contributed by atoms with E-state index >= 15 is 0 Å². The van der Waals surface area contributed by atoms with Crippen LogP contribution in [0.25, 0.3) is 0 Å². The zero-order valence-corrected chi connectivity index (χ0v) is 11.9. The van der Waals surface area contributed by atoms with Crippen LogP contribution in [0.5, 0.6) is 0 Å². The van der Waals surface area contributed by atoms with Gasteiger partial charge in [-0.3, -0.25) is 4.79 Å². The first kappa shape index (κ1) is 14.9. The number of nitrogens with two attached hydrogens (primary N) is 1. The van der Waals surface area contributed by atoms with E-state index < -0.39 is 5.82 Å². The molecule has 1 heterocycles. The average molecular weight is 279 g/mol. The molecule has 1 aliphatic rings. The monoisotopic (exact) mass is 279 g/mol. The van der Waals surface area contributed by atoms with Gasteiger partial charge in [-0.05, 0) is 37.6 Å². The van der Waals surface area contributed by atoms with Crippen LogP contribution in [0, 0.1) is 12.7 Å². The fraction of sp³-hybridized carbons (Fsp3) is 0.533. The normalized spacial score (nSPS) is 17.1. The summed E-state index contributed by atoms with van der Waals surface area (Å²) in [5.41, 5.74) is 6.55. The number of aryl methyl sites for hydroxylation is 1. The SMILES string of the molecule is Cc1ccc(C(=O)N2CCCN(CCN)CC2)c(F)c1. The number of nitrogens with zero attached hydrogens (tertiary/aromatic N) is 2. The molecule has 2 N–H and O–H groups in total. The van der Waals surface area contributed by atoms with Crippen molar-refractivity contribution in [2.24, 2.45) is 5.73 Å². The van der Waals surface area contributed by atoms with Crippen LogP contribution >= 0.6 is 0 Å². The molecule has 0 spiro atoms. The summed E-state index contributed by atoms with van der Waals surface area (Å²) in [6, 6.07) is 4.76. The number of carbonyl (C=O) groups excluding carboxylic acids is 1. The summed E-state index contributed by atoms with van der Waals surface area (Å²) < 4.78 is 13.9. The van der Waals surface area contributed by atoms with Gasteiger partial charge in [-0.1, -0.05) is 6.07 Å². The smallest absolute Gasteiger partial charge is 0.256 e. The van der Waals surface area contributed by atoms with Gasteiger partial charge in [0, 0.05) is 32.7 Å². The van der Waals surface area contributed by atoms with E-state index in [9.17, 15) is 9.18 Å². The summed E-state index contributed by atoms with van der Waals surface area (Å²) in [6.07, 6.45) is 0.902. The Labute approximate surface area is 119 Å². The van der Waals surface area contributed by atoms with Crippen LogP contribution in [0.3, 0.4) is 0 Å². The predicted octanol–water partition coefficient (Wildman–Crippen LogP) is 1.24. The zero-order valence-electron chi connectivity index (χ0n) is 11.9. The van der Waals surface area contributed by atoms with Gasteiger partial charge in [-0.15, -0.1) is 0 Å². The Balaban J connectivity index is 2.05. The standard InChI is InChI=1S/C15H22FN3O/c1-12-3-4-13(14(16)11-12)15(20)19-7-2-6-18(8-5-17)9-10-19/h3-4,11H,2,5-10,17H2,1H3. The molecule has 4 nitrogen and oxygen atoms in total.